The Morgan fingerprint density at radius 1 is 0.912 bits per heavy atom. The number of ether oxygens (including phenoxy) is 2. The average molecular weight is 474 g/mol. The minimum Gasteiger partial charge on any atom is -0.493 e. The van der Waals surface area contributed by atoms with Gasteiger partial charge in [0.25, 0.3) is 5.91 Å². The molecule has 0 aliphatic carbocycles. The number of imidazole rings is 1. The smallest absolute Gasteiger partial charge is 0.255 e. The van der Waals surface area contributed by atoms with Crippen LogP contribution in [0.2, 0.25) is 0 Å². The fourth-order valence-corrected chi connectivity index (χ4v) is 4.21. The Morgan fingerprint density at radius 3 is 2.47 bits per heavy atom. The molecule has 1 amide bonds. The molecule has 1 heterocycles. The summed E-state index contributed by atoms with van der Waals surface area (Å²) in [5, 5.41) is 3.54. The second-order valence-electron chi connectivity index (χ2n) is 7.23. The molecule has 0 aliphatic heterocycles. The van der Waals surface area contributed by atoms with E-state index in [0.717, 1.165) is 11.4 Å². The number of anilines is 1. The lowest BCUT2D eigenvalue weighted by atomic mass is 10.1. The molecule has 0 saturated heterocycles. The highest BCUT2D eigenvalue weighted by molar-refractivity contribution is 7.99. The van der Waals surface area contributed by atoms with Gasteiger partial charge in [-0.15, -0.1) is 0 Å². The predicted octanol–water partition coefficient (Wildman–Crippen LogP) is 5.12. The largest absolute Gasteiger partial charge is 0.493 e. The van der Waals surface area contributed by atoms with Crippen molar-refractivity contribution in [3.05, 3.63) is 96.3 Å². The summed E-state index contributed by atoms with van der Waals surface area (Å²) in [6, 6.07) is 21.6. The fraction of sp³-hybridized carbons (Fsp3) is 0.115. The molecule has 0 bridgehead atoms. The summed E-state index contributed by atoms with van der Waals surface area (Å²) in [7, 11) is 3.08. The van der Waals surface area contributed by atoms with Gasteiger partial charge in [-0.05, 0) is 48.5 Å². The Kier molecular flexibility index (Phi) is 7.29. The summed E-state index contributed by atoms with van der Waals surface area (Å²) in [6.07, 6.45) is 3.47. The van der Waals surface area contributed by atoms with Crippen molar-refractivity contribution in [2.24, 2.45) is 0 Å². The van der Waals surface area contributed by atoms with E-state index in [1.165, 1.54) is 18.9 Å². The molecule has 4 rings (SSSR count). The second kappa shape index (κ2) is 10.7. The standard InChI is InChI=1S/C26H23N3O4S/c1-32-23-12-11-18(16-24(23)33-2)22(30)17-34-26-27-13-14-29(26)21-10-6-7-19(15-21)25(31)28-20-8-4-3-5-9-20/h3-16H,17H2,1-2H3,(H,28,31). The Morgan fingerprint density at radius 2 is 1.71 bits per heavy atom. The Hall–Kier alpha value is -4.04. The summed E-state index contributed by atoms with van der Waals surface area (Å²) >= 11 is 1.32. The van der Waals surface area contributed by atoms with Gasteiger partial charge in [-0.1, -0.05) is 36.0 Å². The first-order valence-electron chi connectivity index (χ1n) is 10.5. The van der Waals surface area contributed by atoms with Crippen LogP contribution in [0.3, 0.4) is 0 Å². The summed E-state index contributed by atoms with van der Waals surface area (Å²) in [5.74, 6) is 1.01. The third kappa shape index (κ3) is 5.29. The topological polar surface area (TPSA) is 82.5 Å². The first-order chi connectivity index (χ1) is 16.6. The van der Waals surface area contributed by atoms with Gasteiger partial charge in [0, 0.05) is 34.9 Å². The van der Waals surface area contributed by atoms with Gasteiger partial charge < -0.3 is 14.8 Å². The highest BCUT2D eigenvalue weighted by Gasteiger charge is 2.14. The molecule has 0 saturated carbocycles. The van der Waals surface area contributed by atoms with Crippen molar-refractivity contribution in [2.45, 2.75) is 5.16 Å². The van der Waals surface area contributed by atoms with Gasteiger partial charge in [0.1, 0.15) is 0 Å². The molecular formula is C26H23N3O4S. The molecule has 1 aromatic heterocycles. The molecule has 4 aromatic rings. The van der Waals surface area contributed by atoms with Gasteiger partial charge in [-0.25, -0.2) is 4.98 Å². The first-order valence-corrected chi connectivity index (χ1v) is 11.5. The number of hydrogen-bond acceptors (Lipinski definition) is 6. The molecular weight excluding hydrogens is 450 g/mol. The Bertz CT molecular complexity index is 1300. The van der Waals surface area contributed by atoms with E-state index in [4.69, 9.17) is 9.47 Å². The molecule has 0 unspecified atom stereocenters. The summed E-state index contributed by atoms with van der Waals surface area (Å²) in [6.45, 7) is 0. The van der Waals surface area contributed by atoms with Gasteiger partial charge in [-0.3, -0.25) is 14.2 Å². The minimum atomic E-state index is -0.203. The zero-order valence-corrected chi connectivity index (χ0v) is 19.5. The number of benzene rings is 3. The van der Waals surface area contributed by atoms with Crippen molar-refractivity contribution in [1.29, 1.82) is 0 Å². The highest BCUT2D eigenvalue weighted by atomic mass is 32.2. The van der Waals surface area contributed by atoms with Crippen LogP contribution in [0.15, 0.2) is 90.3 Å². The van der Waals surface area contributed by atoms with Crippen LogP contribution in [0.25, 0.3) is 5.69 Å². The van der Waals surface area contributed by atoms with Gasteiger partial charge in [0.2, 0.25) is 0 Å². The predicted molar refractivity (Wildman–Crippen MR) is 133 cm³/mol. The number of Topliss-reactive ketones (excluding diaryl/α,β-unsaturated/α-hetero) is 1. The van der Waals surface area contributed by atoms with Crippen LogP contribution >= 0.6 is 11.8 Å². The van der Waals surface area contributed by atoms with Crippen molar-refractivity contribution in [2.75, 3.05) is 25.3 Å². The molecule has 0 spiro atoms. The maximum atomic E-state index is 12.8. The first kappa shape index (κ1) is 23.1. The minimum absolute atomic E-state index is 0.0588. The Labute approximate surface area is 201 Å². The van der Waals surface area contributed by atoms with E-state index in [-0.39, 0.29) is 17.4 Å². The van der Waals surface area contributed by atoms with Gasteiger partial charge in [-0.2, -0.15) is 0 Å². The van der Waals surface area contributed by atoms with Crippen LogP contribution in [-0.4, -0.2) is 41.2 Å². The zero-order chi connectivity index (χ0) is 23.9. The lowest BCUT2D eigenvalue weighted by molar-refractivity contribution is 0.101. The molecule has 34 heavy (non-hydrogen) atoms. The lowest BCUT2D eigenvalue weighted by Crippen LogP contribution is -2.12. The SMILES string of the molecule is COc1ccc(C(=O)CSc2nccn2-c2cccc(C(=O)Nc3ccccc3)c2)cc1OC. The Balaban J connectivity index is 1.47. The van der Waals surface area contributed by atoms with Gasteiger partial charge >= 0.3 is 0 Å². The van der Waals surface area contributed by atoms with E-state index in [1.807, 2.05) is 47.0 Å². The van der Waals surface area contributed by atoms with Crippen LogP contribution in [0, 0.1) is 0 Å². The number of aromatic nitrogens is 2. The van der Waals surface area contributed by atoms with Crippen molar-refractivity contribution in [3.63, 3.8) is 0 Å². The van der Waals surface area contributed by atoms with E-state index in [1.54, 1.807) is 49.8 Å². The van der Waals surface area contributed by atoms with Gasteiger partial charge in [0.15, 0.2) is 22.4 Å². The quantitative estimate of drug-likeness (QED) is 0.269. The maximum absolute atomic E-state index is 12.8. The molecule has 0 fully saturated rings. The molecule has 0 aliphatic rings. The molecule has 8 heteroatoms. The van der Waals surface area contributed by atoms with Crippen LogP contribution in [0.4, 0.5) is 5.69 Å². The van der Waals surface area contributed by atoms with Gasteiger partial charge in [0.05, 0.1) is 20.0 Å². The van der Waals surface area contributed by atoms with Crippen LogP contribution in [-0.2, 0) is 0 Å². The molecule has 172 valence electrons. The normalized spacial score (nSPS) is 10.5. The number of ketones is 1. The third-order valence-corrected chi connectivity index (χ3v) is 6.03. The molecule has 1 N–H and O–H groups in total. The van der Waals surface area contributed by atoms with E-state index in [2.05, 4.69) is 10.3 Å². The van der Waals surface area contributed by atoms with E-state index < -0.39 is 0 Å². The number of methoxy groups -OCH3 is 2. The zero-order valence-electron chi connectivity index (χ0n) is 18.7. The van der Waals surface area contributed by atoms with E-state index in [9.17, 15) is 9.59 Å². The average Bonchev–Trinajstić information content (AvgIpc) is 3.36. The van der Waals surface area contributed by atoms with Crippen LogP contribution in [0.1, 0.15) is 20.7 Å². The number of para-hydroxylation sites is 1. The van der Waals surface area contributed by atoms with Crippen molar-refractivity contribution < 1.29 is 19.1 Å². The van der Waals surface area contributed by atoms with E-state index in [0.29, 0.717) is 27.8 Å². The van der Waals surface area contributed by atoms with Crippen molar-refractivity contribution in [3.8, 4) is 17.2 Å². The monoisotopic (exact) mass is 473 g/mol. The van der Waals surface area contributed by atoms with Crippen LogP contribution in [0.5, 0.6) is 11.5 Å². The number of carbonyl (C=O) groups excluding carboxylic acids is 2. The van der Waals surface area contributed by atoms with Crippen molar-refractivity contribution >= 4 is 29.1 Å². The van der Waals surface area contributed by atoms with Crippen LogP contribution < -0.4 is 14.8 Å². The number of nitrogens with zero attached hydrogens (tertiary/aromatic N) is 2. The summed E-state index contributed by atoms with van der Waals surface area (Å²) in [5.41, 5.74) is 2.56. The number of hydrogen-bond donors (Lipinski definition) is 1. The summed E-state index contributed by atoms with van der Waals surface area (Å²) < 4.78 is 12.4. The molecule has 0 atom stereocenters. The number of carbonyl (C=O) groups is 2. The molecule has 0 radical (unpaired) electrons. The molecule has 3 aromatic carbocycles. The highest BCUT2D eigenvalue weighted by Crippen LogP contribution is 2.29. The maximum Gasteiger partial charge on any atom is 0.255 e. The number of rotatable bonds is 9. The number of nitrogens with one attached hydrogen (secondary N) is 1. The second-order valence-corrected chi connectivity index (χ2v) is 8.17. The number of amides is 1. The molecule has 7 nitrogen and oxygen atoms in total. The summed E-state index contributed by atoms with van der Waals surface area (Å²) in [4.78, 5) is 29.8. The lowest BCUT2D eigenvalue weighted by Gasteiger charge is -2.11. The number of thioether (sulfide) groups is 1. The van der Waals surface area contributed by atoms with Crippen molar-refractivity contribution in [1.82, 2.24) is 9.55 Å². The third-order valence-electron chi connectivity index (χ3n) is 5.06. The fourth-order valence-electron chi connectivity index (χ4n) is 3.34. The van der Waals surface area contributed by atoms with E-state index >= 15 is 0 Å².